The molecule has 0 saturated carbocycles. The quantitative estimate of drug-likeness (QED) is 0.332. The van der Waals surface area contributed by atoms with Crippen molar-refractivity contribution in [2.24, 2.45) is 0 Å². The number of rotatable bonds is 7. The van der Waals surface area contributed by atoms with E-state index in [0.717, 1.165) is 0 Å². The van der Waals surface area contributed by atoms with Gasteiger partial charge in [0.15, 0.2) is 0 Å². The second kappa shape index (κ2) is 6.50. The van der Waals surface area contributed by atoms with Crippen LogP contribution in [0, 0.1) is 0 Å². The van der Waals surface area contributed by atoms with Gasteiger partial charge in [-0.2, -0.15) is 0 Å². The lowest BCUT2D eigenvalue weighted by molar-refractivity contribution is -0.188. The molecule has 1 fully saturated rings. The highest BCUT2D eigenvalue weighted by Gasteiger charge is 2.49. The number of aliphatic carboxylic acids is 3. The van der Waals surface area contributed by atoms with E-state index in [1.807, 2.05) is 0 Å². The summed E-state index contributed by atoms with van der Waals surface area (Å²) in [6, 6.07) is -1.22. The molecule has 0 aliphatic carbocycles. The summed E-state index contributed by atoms with van der Waals surface area (Å²) < 4.78 is 4.65. The molecular weight excluding hydrogens is 290 g/mol. The van der Waals surface area contributed by atoms with Crippen LogP contribution in [0.1, 0.15) is 19.3 Å². The molecule has 0 spiro atoms. The lowest BCUT2D eigenvalue weighted by atomic mass is 9.95. The zero-order valence-electron chi connectivity index (χ0n) is 10.8. The van der Waals surface area contributed by atoms with Crippen LogP contribution in [-0.2, 0) is 23.9 Å². The summed E-state index contributed by atoms with van der Waals surface area (Å²) in [6.45, 7) is 0.291. The third kappa shape index (κ3) is 4.13. The summed E-state index contributed by atoms with van der Waals surface area (Å²) in [6.07, 6.45) is -3.29. The third-order valence-corrected chi connectivity index (χ3v) is 3.00. The molecule has 0 aromatic carbocycles. The highest BCUT2D eigenvalue weighted by molar-refractivity contribution is 5.91. The van der Waals surface area contributed by atoms with Gasteiger partial charge in [-0.15, -0.1) is 0 Å². The molecule has 10 nitrogen and oxygen atoms in total. The van der Waals surface area contributed by atoms with Crippen molar-refractivity contribution in [2.75, 3.05) is 6.54 Å². The lowest BCUT2D eigenvalue weighted by Gasteiger charge is -2.28. The standard InChI is InChI=1S/C11H15NO9/c13-5-1-2-12-8(5)9(18)21-11(10(19)20,3-6(14)15)4-7(16)17/h5,8,12-13H,1-4H2,(H,14,15)(H,16,17)(H,19,20)/t5?,8-/m0/s1. The molecule has 10 heteroatoms. The van der Waals surface area contributed by atoms with Gasteiger partial charge in [-0.25, -0.2) is 4.79 Å². The first-order valence-corrected chi connectivity index (χ1v) is 5.99. The van der Waals surface area contributed by atoms with Crippen molar-refractivity contribution < 1.29 is 44.3 Å². The maximum Gasteiger partial charge on any atom is 0.349 e. The van der Waals surface area contributed by atoms with Crippen LogP contribution < -0.4 is 5.32 Å². The summed E-state index contributed by atoms with van der Waals surface area (Å²) >= 11 is 0. The molecule has 5 N–H and O–H groups in total. The second-order valence-electron chi connectivity index (χ2n) is 4.65. The molecule has 1 heterocycles. The molecule has 0 aromatic heterocycles. The minimum atomic E-state index is -2.72. The molecule has 21 heavy (non-hydrogen) atoms. The van der Waals surface area contributed by atoms with Crippen molar-refractivity contribution in [3.63, 3.8) is 0 Å². The fraction of sp³-hybridized carbons (Fsp3) is 0.636. The summed E-state index contributed by atoms with van der Waals surface area (Å²) in [5.41, 5.74) is -2.72. The van der Waals surface area contributed by atoms with Crippen LogP contribution in [-0.4, -0.2) is 68.6 Å². The smallest absolute Gasteiger partial charge is 0.349 e. The van der Waals surface area contributed by atoms with Crippen LogP contribution in [0.4, 0.5) is 0 Å². The number of hydrogen-bond acceptors (Lipinski definition) is 7. The van der Waals surface area contributed by atoms with Crippen LogP contribution in [0.3, 0.4) is 0 Å². The molecule has 1 aliphatic heterocycles. The van der Waals surface area contributed by atoms with E-state index in [1.165, 1.54) is 0 Å². The van der Waals surface area contributed by atoms with Crippen molar-refractivity contribution >= 4 is 23.9 Å². The van der Waals surface area contributed by atoms with Gasteiger partial charge in [0.25, 0.3) is 0 Å². The zero-order valence-corrected chi connectivity index (χ0v) is 10.8. The number of nitrogens with one attached hydrogen (secondary N) is 1. The van der Waals surface area contributed by atoms with Crippen LogP contribution >= 0.6 is 0 Å². The molecule has 0 aromatic rings. The molecule has 1 aliphatic rings. The van der Waals surface area contributed by atoms with Crippen molar-refractivity contribution in [3.05, 3.63) is 0 Å². The number of carboxylic acid groups (broad SMARTS) is 3. The van der Waals surface area contributed by atoms with E-state index in [9.17, 15) is 24.3 Å². The highest BCUT2D eigenvalue weighted by Crippen LogP contribution is 2.24. The first-order chi connectivity index (χ1) is 9.68. The maximum atomic E-state index is 11.8. The Morgan fingerprint density at radius 3 is 1.95 bits per heavy atom. The van der Waals surface area contributed by atoms with E-state index in [2.05, 4.69) is 10.1 Å². The Labute approximate surface area is 118 Å². The lowest BCUT2D eigenvalue weighted by Crippen LogP contribution is -2.51. The Kier molecular flexibility index (Phi) is 5.22. The van der Waals surface area contributed by atoms with Crippen molar-refractivity contribution in [2.45, 2.75) is 37.0 Å². The van der Waals surface area contributed by atoms with Crippen molar-refractivity contribution in [3.8, 4) is 0 Å². The van der Waals surface area contributed by atoms with Gasteiger partial charge in [-0.1, -0.05) is 0 Å². The Hall–Kier alpha value is -2.20. The Bertz CT molecular complexity index is 445. The minimum absolute atomic E-state index is 0.234. The number of hydrogen-bond donors (Lipinski definition) is 5. The first kappa shape index (κ1) is 16.9. The number of carbonyl (C=O) groups is 4. The van der Waals surface area contributed by atoms with E-state index < -0.39 is 54.5 Å². The summed E-state index contributed by atoms with van der Waals surface area (Å²) in [5, 5.41) is 38.6. The molecule has 0 radical (unpaired) electrons. The average Bonchev–Trinajstić information content (AvgIpc) is 2.73. The molecule has 1 rings (SSSR count). The fourth-order valence-electron chi connectivity index (χ4n) is 2.00. The number of carbonyl (C=O) groups excluding carboxylic acids is 1. The topological polar surface area (TPSA) is 170 Å². The second-order valence-corrected chi connectivity index (χ2v) is 4.65. The maximum absolute atomic E-state index is 11.8. The van der Waals surface area contributed by atoms with Crippen LogP contribution in [0.5, 0.6) is 0 Å². The number of ether oxygens (including phenoxy) is 1. The van der Waals surface area contributed by atoms with E-state index >= 15 is 0 Å². The monoisotopic (exact) mass is 305 g/mol. The molecule has 1 unspecified atom stereocenters. The van der Waals surface area contributed by atoms with Crippen molar-refractivity contribution in [1.82, 2.24) is 5.32 Å². The zero-order chi connectivity index (χ0) is 16.2. The summed E-state index contributed by atoms with van der Waals surface area (Å²) in [7, 11) is 0. The van der Waals surface area contributed by atoms with Crippen LogP contribution in [0.2, 0.25) is 0 Å². The molecule has 0 amide bonds. The van der Waals surface area contributed by atoms with E-state index in [4.69, 9.17) is 15.3 Å². The minimum Gasteiger partial charge on any atom is -0.481 e. The van der Waals surface area contributed by atoms with Gasteiger partial charge in [-0.3, -0.25) is 14.4 Å². The Morgan fingerprint density at radius 1 is 1.10 bits per heavy atom. The number of carboxylic acids is 3. The summed E-state index contributed by atoms with van der Waals surface area (Å²) in [4.78, 5) is 44.6. The fourth-order valence-corrected chi connectivity index (χ4v) is 2.00. The van der Waals surface area contributed by atoms with E-state index in [-0.39, 0.29) is 6.42 Å². The molecular formula is C11H15NO9. The van der Waals surface area contributed by atoms with Gasteiger partial charge in [0, 0.05) is 0 Å². The summed E-state index contributed by atoms with van der Waals surface area (Å²) in [5.74, 6) is -6.35. The molecule has 2 atom stereocenters. The van der Waals surface area contributed by atoms with Gasteiger partial charge in [0.1, 0.15) is 6.04 Å². The largest absolute Gasteiger partial charge is 0.481 e. The number of aliphatic hydroxyl groups excluding tert-OH is 1. The number of esters is 1. The normalized spacial score (nSPS) is 21.8. The third-order valence-electron chi connectivity index (χ3n) is 3.00. The first-order valence-electron chi connectivity index (χ1n) is 5.99. The average molecular weight is 305 g/mol. The molecule has 118 valence electrons. The van der Waals surface area contributed by atoms with Gasteiger partial charge < -0.3 is 30.5 Å². The van der Waals surface area contributed by atoms with E-state index in [1.54, 1.807) is 0 Å². The van der Waals surface area contributed by atoms with Gasteiger partial charge in [-0.05, 0) is 13.0 Å². The molecule has 0 bridgehead atoms. The SMILES string of the molecule is O=C(O)CC(CC(=O)O)(OC(=O)[C@H]1NCCC1O)C(=O)O. The van der Waals surface area contributed by atoms with Gasteiger partial charge >= 0.3 is 23.9 Å². The molecule has 1 saturated heterocycles. The Balaban J connectivity index is 2.99. The van der Waals surface area contributed by atoms with Crippen molar-refractivity contribution in [1.29, 1.82) is 0 Å². The predicted octanol–water partition coefficient (Wildman–Crippen LogP) is -1.97. The van der Waals surface area contributed by atoms with Gasteiger partial charge in [0.2, 0.25) is 5.60 Å². The predicted molar refractivity (Wildman–Crippen MR) is 63.4 cm³/mol. The Morgan fingerprint density at radius 2 is 1.62 bits per heavy atom. The number of aliphatic hydroxyl groups is 1. The van der Waals surface area contributed by atoms with Crippen LogP contribution in [0.15, 0.2) is 0 Å². The van der Waals surface area contributed by atoms with Gasteiger partial charge in [0.05, 0.1) is 18.9 Å². The van der Waals surface area contributed by atoms with Crippen LogP contribution in [0.25, 0.3) is 0 Å². The highest BCUT2D eigenvalue weighted by atomic mass is 16.6. The van der Waals surface area contributed by atoms with E-state index in [0.29, 0.717) is 6.54 Å².